The average molecular weight is 284 g/mol. The van der Waals surface area contributed by atoms with E-state index in [9.17, 15) is 5.11 Å². The maximum atomic E-state index is 9.87. The molecule has 1 fully saturated rings. The van der Waals surface area contributed by atoms with Gasteiger partial charge in [0, 0.05) is 17.1 Å². The Kier molecular flexibility index (Phi) is 4.00. The molecule has 1 aromatic rings. The van der Waals surface area contributed by atoms with Crippen LogP contribution < -0.4 is 5.32 Å². The number of halogens is 1. The first kappa shape index (κ1) is 12.1. The summed E-state index contributed by atoms with van der Waals surface area (Å²) in [5.41, 5.74) is 2.42. The SMILES string of the molecule is Cc1cc(CC(O)CNC2CC2)ccc1Br. The van der Waals surface area contributed by atoms with E-state index < -0.39 is 0 Å². The molecule has 1 aliphatic rings. The summed E-state index contributed by atoms with van der Waals surface area (Å²) in [6.07, 6.45) is 2.99. The van der Waals surface area contributed by atoms with E-state index in [4.69, 9.17) is 0 Å². The van der Waals surface area contributed by atoms with Gasteiger partial charge in [0.2, 0.25) is 0 Å². The molecule has 1 aliphatic carbocycles. The zero-order chi connectivity index (χ0) is 11.5. The van der Waals surface area contributed by atoms with Crippen LogP contribution in [0.5, 0.6) is 0 Å². The summed E-state index contributed by atoms with van der Waals surface area (Å²) in [7, 11) is 0. The molecule has 2 rings (SSSR count). The molecule has 0 saturated heterocycles. The predicted octanol–water partition coefficient (Wildman–Crippen LogP) is 2.41. The molecule has 88 valence electrons. The van der Waals surface area contributed by atoms with E-state index in [0.717, 1.165) is 10.9 Å². The molecule has 0 heterocycles. The minimum atomic E-state index is -0.277. The van der Waals surface area contributed by atoms with Gasteiger partial charge in [0.1, 0.15) is 0 Å². The maximum Gasteiger partial charge on any atom is 0.0704 e. The summed E-state index contributed by atoms with van der Waals surface area (Å²) < 4.78 is 1.13. The van der Waals surface area contributed by atoms with Crippen LogP contribution in [0.1, 0.15) is 24.0 Å². The Balaban J connectivity index is 1.84. The molecule has 1 aromatic carbocycles. The van der Waals surface area contributed by atoms with Crippen molar-refractivity contribution in [1.82, 2.24) is 5.32 Å². The summed E-state index contributed by atoms with van der Waals surface area (Å²) in [5, 5.41) is 13.2. The van der Waals surface area contributed by atoms with Crippen LogP contribution in [-0.2, 0) is 6.42 Å². The smallest absolute Gasteiger partial charge is 0.0704 e. The van der Waals surface area contributed by atoms with E-state index in [2.05, 4.69) is 40.3 Å². The summed E-state index contributed by atoms with van der Waals surface area (Å²) >= 11 is 3.48. The van der Waals surface area contributed by atoms with Gasteiger partial charge in [-0.15, -0.1) is 0 Å². The summed E-state index contributed by atoms with van der Waals surface area (Å²) in [6, 6.07) is 6.91. The van der Waals surface area contributed by atoms with Crippen molar-refractivity contribution in [2.45, 2.75) is 38.3 Å². The summed E-state index contributed by atoms with van der Waals surface area (Å²) in [5.74, 6) is 0. The highest BCUT2D eigenvalue weighted by Crippen LogP contribution is 2.19. The fourth-order valence-corrected chi connectivity index (χ4v) is 2.01. The van der Waals surface area contributed by atoms with E-state index in [1.807, 2.05) is 6.07 Å². The fourth-order valence-electron chi connectivity index (χ4n) is 1.77. The Labute approximate surface area is 105 Å². The Morgan fingerprint density at radius 3 is 2.88 bits per heavy atom. The van der Waals surface area contributed by atoms with Crippen LogP contribution in [0, 0.1) is 6.92 Å². The van der Waals surface area contributed by atoms with Crippen LogP contribution in [0.3, 0.4) is 0 Å². The minimum Gasteiger partial charge on any atom is -0.391 e. The number of aryl methyl sites for hydroxylation is 1. The fraction of sp³-hybridized carbons (Fsp3) is 0.538. The molecule has 16 heavy (non-hydrogen) atoms. The quantitative estimate of drug-likeness (QED) is 0.870. The van der Waals surface area contributed by atoms with E-state index in [0.29, 0.717) is 12.6 Å². The highest BCUT2D eigenvalue weighted by atomic mass is 79.9. The number of rotatable bonds is 5. The minimum absolute atomic E-state index is 0.277. The van der Waals surface area contributed by atoms with Crippen LogP contribution in [0.4, 0.5) is 0 Å². The number of hydrogen-bond acceptors (Lipinski definition) is 2. The van der Waals surface area contributed by atoms with Crippen molar-refractivity contribution in [3.8, 4) is 0 Å². The second-order valence-corrected chi connectivity index (χ2v) is 5.48. The van der Waals surface area contributed by atoms with Gasteiger partial charge in [-0.3, -0.25) is 0 Å². The van der Waals surface area contributed by atoms with Crippen molar-refractivity contribution in [2.75, 3.05) is 6.54 Å². The lowest BCUT2D eigenvalue weighted by Gasteiger charge is -2.12. The monoisotopic (exact) mass is 283 g/mol. The topological polar surface area (TPSA) is 32.3 Å². The van der Waals surface area contributed by atoms with E-state index in [1.54, 1.807) is 0 Å². The molecule has 1 unspecified atom stereocenters. The third kappa shape index (κ3) is 3.58. The molecule has 0 amide bonds. The zero-order valence-corrected chi connectivity index (χ0v) is 11.1. The van der Waals surface area contributed by atoms with Crippen molar-refractivity contribution in [3.63, 3.8) is 0 Å². The molecular formula is C13H18BrNO. The number of aliphatic hydroxyl groups is 1. The molecule has 3 heteroatoms. The molecule has 0 aliphatic heterocycles. The van der Waals surface area contributed by atoms with E-state index in [1.165, 1.54) is 24.0 Å². The highest BCUT2D eigenvalue weighted by molar-refractivity contribution is 9.10. The first-order valence-electron chi connectivity index (χ1n) is 5.81. The van der Waals surface area contributed by atoms with Gasteiger partial charge in [0.05, 0.1) is 6.10 Å². The Hall–Kier alpha value is -0.380. The van der Waals surface area contributed by atoms with Crippen LogP contribution in [-0.4, -0.2) is 23.8 Å². The molecule has 0 bridgehead atoms. The van der Waals surface area contributed by atoms with Gasteiger partial charge < -0.3 is 10.4 Å². The lowest BCUT2D eigenvalue weighted by Crippen LogP contribution is -2.29. The molecule has 1 atom stereocenters. The molecular weight excluding hydrogens is 266 g/mol. The Morgan fingerprint density at radius 1 is 1.50 bits per heavy atom. The van der Waals surface area contributed by atoms with Gasteiger partial charge in [0.15, 0.2) is 0 Å². The lowest BCUT2D eigenvalue weighted by molar-refractivity contribution is 0.171. The zero-order valence-electron chi connectivity index (χ0n) is 9.54. The van der Waals surface area contributed by atoms with Crippen LogP contribution in [0.2, 0.25) is 0 Å². The van der Waals surface area contributed by atoms with Gasteiger partial charge in [-0.05, 0) is 43.4 Å². The summed E-state index contributed by atoms with van der Waals surface area (Å²) in [6.45, 7) is 2.78. The molecule has 2 N–H and O–H groups in total. The van der Waals surface area contributed by atoms with Gasteiger partial charge in [-0.25, -0.2) is 0 Å². The Morgan fingerprint density at radius 2 is 2.25 bits per heavy atom. The molecule has 2 nitrogen and oxygen atoms in total. The average Bonchev–Trinajstić information content (AvgIpc) is 3.04. The van der Waals surface area contributed by atoms with Crippen molar-refractivity contribution >= 4 is 15.9 Å². The first-order chi connectivity index (χ1) is 7.65. The van der Waals surface area contributed by atoms with E-state index >= 15 is 0 Å². The number of benzene rings is 1. The molecule has 0 aromatic heterocycles. The molecule has 0 spiro atoms. The number of nitrogens with one attached hydrogen (secondary N) is 1. The Bertz CT molecular complexity index is 363. The normalized spacial score (nSPS) is 17.4. The molecule has 1 saturated carbocycles. The largest absolute Gasteiger partial charge is 0.391 e. The number of hydrogen-bond donors (Lipinski definition) is 2. The van der Waals surface area contributed by atoms with Crippen molar-refractivity contribution < 1.29 is 5.11 Å². The van der Waals surface area contributed by atoms with Gasteiger partial charge in [0.25, 0.3) is 0 Å². The van der Waals surface area contributed by atoms with Gasteiger partial charge in [-0.2, -0.15) is 0 Å². The number of aliphatic hydroxyl groups excluding tert-OH is 1. The maximum absolute atomic E-state index is 9.87. The van der Waals surface area contributed by atoms with Crippen LogP contribution >= 0.6 is 15.9 Å². The van der Waals surface area contributed by atoms with Gasteiger partial charge in [-0.1, -0.05) is 28.1 Å². The second-order valence-electron chi connectivity index (χ2n) is 4.62. The second kappa shape index (κ2) is 5.30. The molecule has 0 radical (unpaired) electrons. The standard InChI is InChI=1S/C13H18BrNO/c1-9-6-10(2-5-13(9)14)7-12(16)8-15-11-3-4-11/h2,5-6,11-12,15-16H,3-4,7-8H2,1H3. The summed E-state index contributed by atoms with van der Waals surface area (Å²) in [4.78, 5) is 0. The van der Waals surface area contributed by atoms with Crippen molar-refractivity contribution in [1.29, 1.82) is 0 Å². The van der Waals surface area contributed by atoms with E-state index in [-0.39, 0.29) is 6.10 Å². The third-order valence-electron chi connectivity index (χ3n) is 2.91. The van der Waals surface area contributed by atoms with Crippen molar-refractivity contribution in [3.05, 3.63) is 33.8 Å². The predicted molar refractivity (Wildman–Crippen MR) is 69.6 cm³/mol. The highest BCUT2D eigenvalue weighted by Gasteiger charge is 2.21. The van der Waals surface area contributed by atoms with Crippen LogP contribution in [0.25, 0.3) is 0 Å². The van der Waals surface area contributed by atoms with Gasteiger partial charge >= 0.3 is 0 Å². The first-order valence-corrected chi connectivity index (χ1v) is 6.61. The lowest BCUT2D eigenvalue weighted by atomic mass is 10.1. The van der Waals surface area contributed by atoms with Crippen LogP contribution in [0.15, 0.2) is 22.7 Å². The van der Waals surface area contributed by atoms with Crippen molar-refractivity contribution in [2.24, 2.45) is 0 Å². The third-order valence-corrected chi connectivity index (χ3v) is 3.80.